The van der Waals surface area contributed by atoms with E-state index in [0.717, 1.165) is 22.2 Å². The van der Waals surface area contributed by atoms with Gasteiger partial charge in [0.15, 0.2) is 0 Å². The summed E-state index contributed by atoms with van der Waals surface area (Å²) in [4.78, 5) is 4.38. The van der Waals surface area contributed by atoms with E-state index >= 15 is 0 Å². The number of hydrogen-bond acceptors (Lipinski definition) is 2. The molecule has 1 N–H and O–H groups in total. The highest BCUT2D eigenvalue weighted by Gasteiger charge is 2.03. The highest BCUT2D eigenvalue weighted by molar-refractivity contribution is 9.10. The number of rotatable bonds is 5. The third-order valence-corrected chi connectivity index (χ3v) is 3.73. The zero-order valence-electron chi connectivity index (χ0n) is 10.8. The van der Waals surface area contributed by atoms with Crippen LogP contribution in [0.2, 0.25) is 0 Å². The molecule has 0 aliphatic carbocycles. The lowest BCUT2D eigenvalue weighted by molar-refractivity contribution is 0.622. The zero-order valence-corrected chi connectivity index (χ0v) is 12.4. The maximum atomic E-state index is 13.0. The van der Waals surface area contributed by atoms with Gasteiger partial charge in [0, 0.05) is 23.8 Å². The van der Waals surface area contributed by atoms with Crippen LogP contribution in [-0.2, 0) is 19.5 Å². The van der Waals surface area contributed by atoms with Crippen LogP contribution in [0.25, 0.3) is 0 Å². The minimum absolute atomic E-state index is 0.228. The Bertz CT molecular complexity index is 558. The monoisotopic (exact) mass is 322 g/mol. The summed E-state index contributed by atoms with van der Waals surface area (Å²) in [6.45, 7) is 3.52. The van der Waals surface area contributed by atoms with Crippen LogP contribution >= 0.6 is 15.9 Å². The fraction of sp³-hybridized carbons (Fsp3) is 0.267. The summed E-state index contributed by atoms with van der Waals surface area (Å²) in [5.41, 5.74) is 3.37. The molecule has 2 aromatic rings. The van der Waals surface area contributed by atoms with E-state index in [0.29, 0.717) is 13.1 Å². The van der Waals surface area contributed by atoms with E-state index in [9.17, 15) is 4.39 Å². The van der Waals surface area contributed by atoms with Gasteiger partial charge in [0.1, 0.15) is 5.82 Å². The summed E-state index contributed by atoms with van der Waals surface area (Å²) in [5, 5.41) is 3.34. The Kier molecular flexibility index (Phi) is 5.05. The molecule has 0 bridgehead atoms. The van der Waals surface area contributed by atoms with E-state index < -0.39 is 0 Å². The SMILES string of the molecule is CCc1cccnc1CNCc1ccc(F)cc1Br. The lowest BCUT2D eigenvalue weighted by Crippen LogP contribution is -2.15. The second-order valence-corrected chi connectivity index (χ2v) is 5.16. The predicted molar refractivity (Wildman–Crippen MR) is 78.3 cm³/mol. The number of pyridine rings is 1. The maximum absolute atomic E-state index is 13.0. The van der Waals surface area contributed by atoms with E-state index in [1.54, 1.807) is 6.07 Å². The number of hydrogen-bond donors (Lipinski definition) is 1. The quantitative estimate of drug-likeness (QED) is 0.904. The summed E-state index contributed by atoms with van der Waals surface area (Å²) >= 11 is 3.37. The van der Waals surface area contributed by atoms with Crippen molar-refractivity contribution in [1.82, 2.24) is 10.3 Å². The van der Waals surface area contributed by atoms with Gasteiger partial charge in [-0.05, 0) is 35.7 Å². The van der Waals surface area contributed by atoms with E-state index in [-0.39, 0.29) is 5.82 Å². The maximum Gasteiger partial charge on any atom is 0.124 e. The van der Waals surface area contributed by atoms with Crippen LogP contribution in [0.5, 0.6) is 0 Å². The number of benzene rings is 1. The molecule has 100 valence electrons. The van der Waals surface area contributed by atoms with Gasteiger partial charge < -0.3 is 5.32 Å². The minimum atomic E-state index is -0.228. The molecule has 1 aromatic carbocycles. The number of aromatic nitrogens is 1. The molecule has 0 saturated heterocycles. The molecule has 4 heteroatoms. The van der Waals surface area contributed by atoms with Crippen molar-refractivity contribution in [3.8, 4) is 0 Å². The molecular weight excluding hydrogens is 307 g/mol. The number of nitrogens with one attached hydrogen (secondary N) is 1. The van der Waals surface area contributed by atoms with E-state index in [2.05, 4.69) is 39.2 Å². The van der Waals surface area contributed by atoms with Gasteiger partial charge in [-0.25, -0.2) is 4.39 Å². The van der Waals surface area contributed by atoms with Crippen LogP contribution in [-0.4, -0.2) is 4.98 Å². The van der Waals surface area contributed by atoms with Crippen LogP contribution in [0.4, 0.5) is 4.39 Å². The number of aryl methyl sites for hydroxylation is 1. The molecule has 0 atom stereocenters. The minimum Gasteiger partial charge on any atom is -0.307 e. The molecule has 0 aliphatic rings. The lowest BCUT2D eigenvalue weighted by atomic mass is 10.1. The molecule has 2 rings (SSSR count). The summed E-state index contributed by atoms with van der Waals surface area (Å²) in [5.74, 6) is -0.228. The lowest BCUT2D eigenvalue weighted by Gasteiger charge is -2.09. The zero-order chi connectivity index (χ0) is 13.7. The largest absolute Gasteiger partial charge is 0.307 e. The van der Waals surface area contributed by atoms with Gasteiger partial charge in [0.25, 0.3) is 0 Å². The molecule has 1 heterocycles. The van der Waals surface area contributed by atoms with Crippen molar-refractivity contribution < 1.29 is 4.39 Å². The topological polar surface area (TPSA) is 24.9 Å². The Labute approximate surface area is 121 Å². The molecule has 0 fully saturated rings. The van der Waals surface area contributed by atoms with Crippen LogP contribution in [0.15, 0.2) is 41.0 Å². The van der Waals surface area contributed by atoms with Crippen molar-refractivity contribution >= 4 is 15.9 Å². The Morgan fingerprint density at radius 1 is 1.21 bits per heavy atom. The molecule has 0 saturated carbocycles. The van der Waals surface area contributed by atoms with Gasteiger partial charge in [0.05, 0.1) is 5.69 Å². The normalized spacial score (nSPS) is 10.7. The first-order valence-electron chi connectivity index (χ1n) is 6.28. The average molecular weight is 323 g/mol. The smallest absolute Gasteiger partial charge is 0.124 e. The van der Waals surface area contributed by atoms with Crippen LogP contribution < -0.4 is 5.32 Å². The molecule has 19 heavy (non-hydrogen) atoms. The number of halogens is 2. The first kappa shape index (κ1) is 14.2. The highest BCUT2D eigenvalue weighted by atomic mass is 79.9. The Morgan fingerprint density at radius 2 is 2.05 bits per heavy atom. The van der Waals surface area contributed by atoms with Crippen molar-refractivity contribution in [3.05, 3.63) is 63.6 Å². The third kappa shape index (κ3) is 3.85. The summed E-state index contributed by atoms with van der Waals surface area (Å²) in [7, 11) is 0. The predicted octanol–water partition coefficient (Wildman–Crippen LogP) is 3.84. The summed E-state index contributed by atoms with van der Waals surface area (Å²) < 4.78 is 13.8. The Balaban J connectivity index is 1.96. The van der Waals surface area contributed by atoms with Gasteiger partial charge in [-0.15, -0.1) is 0 Å². The summed E-state index contributed by atoms with van der Waals surface area (Å²) in [6.07, 6.45) is 2.79. The van der Waals surface area contributed by atoms with E-state index in [4.69, 9.17) is 0 Å². The summed E-state index contributed by atoms with van der Waals surface area (Å²) in [6, 6.07) is 8.79. The second-order valence-electron chi connectivity index (χ2n) is 4.30. The second kappa shape index (κ2) is 6.78. The first-order chi connectivity index (χ1) is 9.20. The van der Waals surface area contributed by atoms with Gasteiger partial charge in [-0.3, -0.25) is 4.98 Å². The van der Waals surface area contributed by atoms with Crippen LogP contribution in [0, 0.1) is 5.82 Å². The Morgan fingerprint density at radius 3 is 2.79 bits per heavy atom. The van der Waals surface area contributed by atoms with Crippen molar-refractivity contribution in [2.45, 2.75) is 26.4 Å². The van der Waals surface area contributed by atoms with Crippen LogP contribution in [0.3, 0.4) is 0 Å². The fourth-order valence-electron chi connectivity index (χ4n) is 1.93. The standard InChI is InChI=1S/C15H16BrFN2/c1-2-11-4-3-7-19-15(11)10-18-9-12-5-6-13(17)8-14(12)16/h3-8,18H,2,9-10H2,1H3. The van der Waals surface area contributed by atoms with Crippen molar-refractivity contribution in [2.75, 3.05) is 0 Å². The van der Waals surface area contributed by atoms with Crippen molar-refractivity contribution in [2.24, 2.45) is 0 Å². The third-order valence-electron chi connectivity index (χ3n) is 2.99. The van der Waals surface area contributed by atoms with E-state index in [1.165, 1.54) is 17.7 Å². The Hall–Kier alpha value is -1.26. The molecule has 0 radical (unpaired) electrons. The number of nitrogens with zero attached hydrogens (tertiary/aromatic N) is 1. The highest BCUT2D eigenvalue weighted by Crippen LogP contribution is 2.18. The molecule has 0 amide bonds. The molecule has 0 aliphatic heterocycles. The van der Waals surface area contributed by atoms with Gasteiger partial charge in [0.2, 0.25) is 0 Å². The molecular formula is C15H16BrFN2. The van der Waals surface area contributed by atoms with Crippen molar-refractivity contribution in [1.29, 1.82) is 0 Å². The van der Waals surface area contributed by atoms with Gasteiger partial charge >= 0.3 is 0 Å². The molecule has 0 spiro atoms. The molecule has 0 unspecified atom stereocenters. The van der Waals surface area contributed by atoms with Gasteiger partial charge in [-0.1, -0.05) is 35.0 Å². The first-order valence-corrected chi connectivity index (χ1v) is 7.07. The van der Waals surface area contributed by atoms with Crippen molar-refractivity contribution in [3.63, 3.8) is 0 Å². The molecule has 1 aromatic heterocycles. The van der Waals surface area contributed by atoms with E-state index in [1.807, 2.05) is 12.3 Å². The fourth-order valence-corrected chi connectivity index (χ4v) is 2.42. The van der Waals surface area contributed by atoms with Crippen LogP contribution in [0.1, 0.15) is 23.7 Å². The average Bonchev–Trinajstić information content (AvgIpc) is 2.42. The molecule has 2 nitrogen and oxygen atoms in total. The van der Waals surface area contributed by atoms with Gasteiger partial charge in [-0.2, -0.15) is 0 Å².